The third kappa shape index (κ3) is 5.15. The normalized spacial score (nSPS) is 11.6. The molecule has 0 saturated carbocycles. The number of ether oxygens (including phenoxy) is 1. The van der Waals surface area contributed by atoms with Gasteiger partial charge in [-0.2, -0.15) is 4.31 Å². The Morgan fingerprint density at radius 1 is 1.11 bits per heavy atom. The average molecular weight is 403 g/mol. The van der Waals surface area contributed by atoms with Crippen LogP contribution >= 0.6 is 11.3 Å². The molecule has 0 unspecified atom stereocenters. The van der Waals surface area contributed by atoms with E-state index in [1.807, 2.05) is 36.6 Å². The quantitative estimate of drug-likeness (QED) is 0.543. The van der Waals surface area contributed by atoms with Gasteiger partial charge in [-0.1, -0.05) is 12.1 Å². The molecule has 27 heavy (non-hydrogen) atoms. The highest BCUT2D eigenvalue weighted by atomic mass is 32.2. The minimum Gasteiger partial charge on any atom is -0.494 e. The molecule has 0 atom stereocenters. The lowest BCUT2D eigenvalue weighted by molar-refractivity contribution is 0.340. The van der Waals surface area contributed by atoms with Crippen molar-refractivity contribution in [2.24, 2.45) is 0 Å². The van der Waals surface area contributed by atoms with E-state index in [0.717, 1.165) is 10.4 Å². The van der Waals surface area contributed by atoms with Gasteiger partial charge in [0.1, 0.15) is 5.75 Å². The molecule has 0 radical (unpaired) electrons. The van der Waals surface area contributed by atoms with E-state index in [4.69, 9.17) is 4.74 Å². The van der Waals surface area contributed by atoms with Crippen LogP contribution < -0.4 is 4.74 Å². The van der Waals surface area contributed by atoms with E-state index in [-0.39, 0.29) is 11.4 Å². The van der Waals surface area contributed by atoms with Crippen molar-refractivity contribution in [2.75, 3.05) is 13.2 Å². The Morgan fingerprint density at radius 3 is 2.56 bits per heavy atom. The molecule has 0 N–H and O–H groups in total. The summed E-state index contributed by atoms with van der Waals surface area (Å²) < 4.78 is 33.4. The second-order valence-electron chi connectivity index (χ2n) is 5.93. The summed E-state index contributed by atoms with van der Waals surface area (Å²) in [6, 6.07) is 14.3. The molecule has 0 aliphatic rings. The van der Waals surface area contributed by atoms with Crippen LogP contribution in [0.5, 0.6) is 5.75 Å². The monoisotopic (exact) mass is 402 g/mol. The summed E-state index contributed by atoms with van der Waals surface area (Å²) in [5, 5.41) is 2.00. The van der Waals surface area contributed by atoms with Crippen LogP contribution in [0.3, 0.4) is 0 Å². The molecule has 3 aromatic rings. The predicted molar refractivity (Wildman–Crippen MR) is 107 cm³/mol. The molecule has 2 heterocycles. The number of aromatic nitrogens is 1. The van der Waals surface area contributed by atoms with Crippen LogP contribution in [0.2, 0.25) is 0 Å². The molecule has 142 valence electrons. The van der Waals surface area contributed by atoms with Gasteiger partial charge in [-0.15, -0.1) is 11.3 Å². The number of hydrogen-bond donors (Lipinski definition) is 0. The zero-order valence-corrected chi connectivity index (χ0v) is 16.7. The van der Waals surface area contributed by atoms with E-state index in [9.17, 15) is 8.42 Å². The van der Waals surface area contributed by atoms with Gasteiger partial charge >= 0.3 is 0 Å². The third-order valence-corrected chi connectivity index (χ3v) is 6.84. The maximum atomic E-state index is 13.2. The molecule has 0 bridgehead atoms. The standard InChI is InChI=1S/C20H22N2O3S2/c1-2-25-18-7-9-20(10-8-18)27(23,24)22(13-11-19-6-4-14-26-19)16-17-5-3-12-21-15-17/h3-10,12,14-15H,2,11,13,16H2,1H3. The number of pyridine rings is 1. The van der Waals surface area contributed by atoms with Gasteiger partial charge in [-0.3, -0.25) is 4.98 Å². The predicted octanol–water partition coefficient (Wildman–Crippen LogP) is 3.98. The van der Waals surface area contributed by atoms with Gasteiger partial charge in [0, 0.05) is 30.4 Å². The second kappa shape index (κ2) is 9.12. The molecule has 3 rings (SSSR count). The third-order valence-electron chi connectivity index (χ3n) is 4.04. The maximum absolute atomic E-state index is 13.2. The summed E-state index contributed by atoms with van der Waals surface area (Å²) in [6.07, 6.45) is 4.06. The van der Waals surface area contributed by atoms with Crippen LogP contribution in [0.25, 0.3) is 0 Å². The van der Waals surface area contributed by atoms with Gasteiger partial charge in [-0.05, 0) is 60.7 Å². The summed E-state index contributed by atoms with van der Waals surface area (Å²) in [7, 11) is -3.63. The highest BCUT2D eigenvalue weighted by molar-refractivity contribution is 7.89. The van der Waals surface area contributed by atoms with Crippen LogP contribution in [0.4, 0.5) is 0 Å². The van der Waals surface area contributed by atoms with Crippen molar-refractivity contribution in [3.8, 4) is 5.75 Å². The van der Waals surface area contributed by atoms with Crippen molar-refractivity contribution in [1.82, 2.24) is 9.29 Å². The molecular weight excluding hydrogens is 380 g/mol. The lowest BCUT2D eigenvalue weighted by atomic mass is 10.3. The van der Waals surface area contributed by atoms with Crippen LogP contribution in [0.1, 0.15) is 17.4 Å². The van der Waals surface area contributed by atoms with Gasteiger partial charge in [0.2, 0.25) is 10.0 Å². The molecule has 0 aliphatic heterocycles. The van der Waals surface area contributed by atoms with Gasteiger partial charge in [0.05, 0.1) is 11.5 Å². The summed E-state index contributed by atoms with van der Waals surface area (Å²) >= 11 is 1.63. The minimum absolute atomic E-state index is 0.265. The van der Waals surface area contributed by atoms with Crippen molar-refractivity contribution in [2.45, 2.75) is 24.8 Å². The molecule has 0 aliphatic carbocycles. The van der Waals surface area contributed by atoms with Crippen molar-refractivity contribution in [1.29, 1.82) is 0 Å². The lowest BCUT2D eigenvalue weighted by Crippen LogP contribution is -2.32. The number of rotatable bonds is 9. The van der Waals surface area contributed by atoms with E-state index in [1.54, 1.807) is 48.0 Å². The minimum atomic E-state index is -3.63. The number of thiophene rings is 1. The molecule has 7 heteroatoms. The summed E-state index contributed by atoms with van der Waals surface area (Å²) in [4.78, 5) is 5.52. The van der Waals surface area contributed by atoms with E-state index in [0.29, 0.717) is 25.3 Å². The molecule has 0 saturated heterocycles. The van der Waals surface area contributed by atoms with Gasteiger partial charge in [0.25, 0.3) is 0 Å². The molecule has 5 nitrogen and oxygen atoms in total. The first-order valence-electron chi connectivity index (χ1n) is 8.74. The van der Waals surface area contributed by atoms with Gasteiger partial charge < -0.3 is 4.74 Å². The van der Waals surface area contributed by atoms with Crippen LogP contribution in [-0.2, 0) is 23.0 Å². The Labute approximate surface area is 164 Å². The Kier molecular flexibility index (Phi) is 6.60. The fourth-order valence-corrected chi connectivity index (χ4v) is 4.82. The van der Waals surface area contributed by atoms with E-state index in [2.05, 4.69) is 4.98 Å². The average Bonchev–Trinajstić information content (AvgIpc) is 3.20. The van der Waals surface area contributed by atoms with Crippen LogP contribution in [0.15, 0.2) is 71.2 Å². The molecule has 0 fully saturated rings. The SMILES string of the molecule is CCOc1ccc(S(=O)(=O)N(CCc2cccs2)Cc2cccnc2)cc1. The fourth-order valence-electron chi connectivity index (χ4n) is 2.69. The summed E-state index contributed by atoms with van der Waals surface area (Å²) in [5.41, 5.74) is 0.859. The number of nitrogens with zero attached hydrogens (tertiary/aromatic N) is 2. The Bertz CT molecular complexity index is 925. The number of benzene rings is 1. The van der Waals surface area contributed by atoms with E-state index >= 15 is 0 Å². The Morgan fingerprint density at radius 2 is 1.93 bits per heavy atom. The van der Waals surface area contributed by atoms with Crippen LogP contribution in [-0.4, -0.2) is 30.9 Å². The molecule has 0 spiro atoms. The highest BCUT2D eigenvalue weighted by Crippen LogP contribution is 2.22. The van der Waals surface area contributed by atoms with Gasteiger partial charge in [0.15, 0.2) is 0 Å². The zero-order chi connectivity index (χ0) is 19.1. The topological polar surface area (TPSA) is 59.5 Å². The molecule has 1 aromatic carbocycles. The first-order valence-corrected chi connectivity index (χ1v) is 11.1. The second-order valence-corrected chi connectivity index (χ2v) is 8.90. The number of sulfonamides is 1. The molecule has 2 aromatic heterocycles. The zero-order valence-electron chi connectivity index (χ0n) is 15.1. The van der Waals surface area contributed by atoms with Crippen LogP contribution in [0, 0.1) is 0 Å². The van der Waals surface area contributed by atoms with Gasteiger partial charge in [-0.25, -0.2) is 8.42 Å². The van der Waals surface area contributed by atoms with Crippen molar-refractivity contribution in [3.05, 3.63) is 76.7 Å². The first kappa shape index (κ1) is 19.5. The van der Waals surface area contributed by atoms with Crippen molar-refractivity contribution >= 4 is 21.4 Å². The van der Waals surface area contributed by atoms with E-state index in [1.165, 1.54) is 4.31 Å². The Hall–Kier alpha value is -2.22. The fraction of sp³-hybridized carbons (Fsp3) is 0.250. The summed E-state index contributed by atoms with van der Waals surface area (Å²) in [6.45, 7) is 3.13. The van der Waals surface area contributed by atoms with Crippen molar-refractivity contribution < 1.29 is 13.2 Å². The highest BCUT2D eigenvalue weighted by Gasteiger charge is 2.24. The molecular formula is C20H22N2O3S2. The van der Waals surface area contributed by atoms with E-state index < -0.39 is 10.0 Å². The lowest BCUT2D eigenvalue weighted by Gasteiger charge is -2.22. The number of hydrogen-bond acceptors (Lipinski definition) is 5. The molecule has 0 amide bonds. The smallest absolute Gasteiger partial charge is 0.243 e. The Balaban J connectivity index is 1.84. The maximum Gasteiger partial charge on any atom is 0.243 e. The first-order chi connectivity index (χ1) is 13.1. The largest absolute Gasteiger partial charge is 0.494 e. The summed E-state index contributed by atoms with van der Waals surface area (Å²) in [5.74, 6) is 0.661. The van der Waals surface area contributed by atoms with Crippen molar-refractivity contribution in [3.63, 3.8) is 0 Å².